The molecule has 2 heterocycles. The third-order valence-corrected chi connectivity index (χ3v) is 8.90. The van der Waals surface area contributed by atoms with Crippen molar-refractivity contribution in [3.63, 3.8) is 0 Å². The van der Waals surface area contributed by atoms with E-state index >= 15 is 0 Å². The molecule has 0 radical (unpaired) electrons. The number of esters is 2. The van der Waals surface area contributed by atoms with Crippen LogP contribution in [-0.2, 0) is 35.7 Å². The lowest BCUT2D eigenvalue weighted by atomic mass is 9.50. The lowest BCUT2D eigenvalue weighted by molar-refractivity contribution is -0.170. The summed E-state index contributed by atoms with van der Waals surface area (Å²) in [6.45, 7) is 0.738. The average molecular weight is 550 g/mol. The molecule has 2 N–H and O–H groups in total. The minimum absolute atomic E-state index is 0.130. The lowest BCUT2D eigenvalue weighted by Crippen LogP contribution is -2.74. The number of aliphatic hydroxyl groups is 1. The van der Waals surface area contributed by atoms with Gasteiger partial charge in [0.2, 0.25) is 6.10 Å². The van der Waals surface area contributed by atoms with Gasteiger partial charge in [-0.3, -0.25) is 9.59 Å². The van der Waals surface area contributed by atoms with Crippen molar-refractivity contribution in [3.05, 3.63) is 71.0 Å². The summed E-state index contributed by atoms with van der Waals surface area (Å²) in [6.07, 6.45) is 0.389. The fraction of sp³-hybridized carbons (Fsp3) is 0.433. The van der Waals surface area contributed by atoms with Gasteiger partial charge in [0.15, 0.2) is 17.6 Å². The first-order valence-electron chi connectivity index (χ1n) is 13.4. The molecule has 2 aromatic rings. The Morgan fingerprint density at radius 1 is 1.12 bits per heavy atom. The zero-order valence-corrected chi connectivity index (χ0v) is 22.3. The number of likely N-dealkylation sites (N-methyl/N-ethyl adjacent to an activating group) is 1. The molecule has 2 bridgehead atoms. The number of rotatable bonds is 8. The second-order valence-electron chi connectivity index (χ2n) is 10.9. The molecule has 1 spiro atoms. The number of methoxy groups -OCH3 is 1. The molecule has 4 aliphatic rings. The Balaban J connectivity index is 1.20. The second kappa shape index (κ2) is 9.64. The highest BCUT2D eigenvalue weighted by Gasteiger charge is 2.72. The molecular formula is C30H31NO9. The van der Waals surface area contributed by atoms with E-state index in [0.29, 0.717) is 35.7 Å². The van der Waals surface area contributed by atoms with Gasteiger partial charge in [-0.2, -0.15) is 0 Å². The van der Waals surface area contributed by atoms with Gasteiger partial charge < -0.3 is 34.1 Å². The predicted molar refractivity (Wildman–Crippen MR) is 140 cm³/mol. The summed E-state index contributed by atoms with van der Waals surface area (Å²) in [6, 6.07) is 11.9. The number of carboxylic acid groups (broad SMARTS) is 1. The summed E-state index contributed by atoms with van der Waals surface area (Å²) in [5.74, 6) is -1.39. The van der Waals surface area contributed by atoms with Gasteiger partial charge in [0, 0.05) is 23.6 Å². The Labute approximate surface area is 231 Å². The van der Waals surface area contributed by atoms with Gasteiger partial charge in [-0.1, -0.05) is 36.4 Å². The quantitative estimate of drug-likeness (QED) is 0.474. The first-order valence-corrected chi connectivity index (χ1v) is 13.4. The first-order chi connectivity index (χ1) is 19.2. The lowest BCUT2D eigenvalue weighted by Gasteiger charge is -2.61. The monoisotopic (exact) mass is 549 g/mol. The van der Waals surface area contributed by atoms with Crippen LogP contribution in [0, 0.1) is 0 Å². The number of benzene rings is 2. The summed E-state index contributed by atoms with van der Waals surface area (Å²) in [5.41, 5.74) is 0.394. The number of carbonyl (C=O) groups excluding carboxylic acids is 2. The summed E-state index contributed by atoms with van der Waals surface area (Å²) < 4.78 is 23.0. The van der Waals surface area contributed by atoms with Gasteiger partial charge in [-0.15, -0.1) is 0 Å². The molecule has 10 nitrogen and oxygen atoms in total. The number of hydrogen-bond acceptors (Lipinski definition) is 9. The Hall–Kier alpha value is -3.89. The average Bonchev–Trinajstić information content (AvgIpc) is 3.30. The molecule has 2 aliphatic carbocycles. The first kappa shape index (κ1) is 26.3. The SMILES string of the molecule is COc1ccc2c3c1O[C@H]1C(OC(=O)CCC(=O)OC(C(=O)O)c4ccccc4)=CC[C@@]4(O)[C@@H](C2)N(C)CC[C@]314. The normalized spacial score (nSPS) is 28.4. The molecule has 40 heavy (non-hydrogen) atoms. The zero-order chi connectivity index (χ0) is 28.2. The smallest absolute Gasteiger partial charge is 0.349 e. The van der Waals surface area contributed by atoms with Crippen LogP contribution in [-0.4, -0.2) is 71.5 Å². The van der Waals surface area contributed by atoms with E-state index in [4.69, 9.17) is 18.9 Å². The van der Waals surface area contributed by atoms with Crippen LogP contribution < -0.4 is 9.47 Å². The van der Waals surface area contributed by atoms with Crippen molar-refractivity contribution in [2.45, 2.75) is 61.4 Å². The molecule has 0 saturated carbocycles. The molecule has 0 amide bonds. The topological polar surface area (TPSA) is 132 Å². The van der Waals surface area contributed by atoms with E-state index in [0.717, 1.165) is 17.7 Å². The Morgan fingerprint density at radius 2 is 1.88 bits per heavy atom. The maximum Gasteiger partial charge on any atom is 0.349 e. The fourth-order valence-electron chi connectivity index (χ4n) is 7.05. The summed E-state index contributed by atoms with van der Waals surface area (Å²) in [7, 11) is 3.58. The largest absolute Gasteiger partial charge is 0.493 e. The van der Waals surface area contributed by atoms with Gasteiger partial charge in [0.05, 0.1) is 31.0 Å². The minimum Gasteiger partial charge on any atom is -0.493 e. The van der Waals surface area contributed by atoms with E-state index in [2.05, 4.69) is 4.90 Å². The van der Waals surface area contributed by atoms with Crippen LogP contribution in [0.3, 0.4) is 0 Å². The van der Waals surface area contributed by atoms with E-state index in [1.807, 2.05) is 19.2 Å². The molecule has 10 heteroatoms. The molecule has 5 atom stereocenters. The number of carbonyl (C=O) groups is 3. The fourth-order valence-corrected chi connectivity index (χ4v) is 7.05. The molecule has 210 valence electrons. The standard InChI is InChI=1S/C30H31NO9/c1-31-15-14-29-24-18-8-9-19(37-2)26(24)40-27(29)20(12-13-30(29,36)21(31)16-18)38-22(32)10-11-23(33)39-25(28(34)35)17-6-4-3-5-7-17/h3-9,12,21,25,27,36H,10-11,13-16H2,1-2H3,(H,34,35)/t21-,25?,27+,29+,30-/m1/s1. The number of carboxylic acids is 1. The maximum absolute atomic E-state index is 12.9. The van der Waals surface area contributed by atoms with Crippen molar-refractivity contribution in [1.82, 2.24) is 4.90 Å². The molecule has 1 saturated heterocycles. The van der Waals surface area contributed by atoms with Crippen LogP contribution in [0.15, 0.2) is 54.3 Å². The Morgan fingerprint density at radius 3 is 2.60 bits per heavy atom. The number of nitrogens with zero attached hydrogens (tertiary/aromatic N) is 1. The Bertz CT molecular complexity index is 1410. The summed E-state index contributed by atoms with van der Waals surface area (Å²) in [4.78, 5) is 39.2. The summed E-state index contributed by atoms with van der Waals surface area (Å²) in [5, 5.41) is 21.7. The molecule has 1 unspecified atom stereocenters. The van der Waals surface area contributed by atoms with Crippen LogP contribution in [0.4, 0.5) is 0 Å². The number of hydrogen-bond donors (Lipinski definition) is 2. The van der Waals surface area contributed by atoms with Crippen molar-refractivity contribution in [3.8, 4) is 11.5 Å². The van der Waals surface area contributed by atoms with Crippen molar-refractivity contribution in [2.24, 2.45) is 0 Å². The van der Waals surface area contributed by atoms with Crippen molar-refractivity contribution in [2.75, 3.05) is 20.7 Å². The molecule has 2 aromatic carbocycles. The van der Waals surface area contributed by atoms with E-state index < -0.39 is 41.1 Å². The third-order valence-electron chi connectivity index (χ3n) is 8.90. The molecule has 0 aromatic heterocycles. The van der Waals surface area contributed by atoms with E-state index in [1.165, 1.54) is 0 Å². The van der Waals surface area contributed by atoms with Crippen molar-refractivity contribution < 1.29 is 43.5 Å². The highest BCUT2D eigenvalue weighted by atomic mass is 16.6. The van der Waals surface area contributed by atoms with Crippen LogP contribution in [0.5, 0.6) is 11.5 Å². The number of likely N-dealkylation sites (tertiary alicyclic amines) is 1. The van der Waals surface area contributed by atoms with Gasteiger partial charge >= 0.3 is 17.9 Å². The molecule has 2 aliphatic heterocycles. The van der Waals surface area contributed by atoms with Gasteiger partial charge in [-0.25, -0.2) is 4.79 Å². The highest BCUT2D eigenvalue weighted by molar-refractivity contribution is 5.82. The molecule has 6 rings (SSSR count). The minimum atomic E-state index is -1.47. The summed E-state index contributed by atoms with van der Waals surface area (Å²) >= 11 is 0. The van der Waals surface area contributed by atoms with E-state index in [-0.39, 0.29) is 25.3 Å². The molecule has 1 fully saturated rings. The Kier molecular flexibility index (Phi) is 6.35. The van der Waals surface area contributed by atoms with Crippen molar-refractivity contribution >= 4 is 17.9 Å². The maximum atomic E-state index is 12.9. The second-order valence-corrected chi connectivity index (χ2v) is 10.9. The van der Waals surface area contributed by atoms with Crippen LogP contribution in [0.2, 0.25) is 0 Å². The zero-order valence-electron chi connectivity index (χ0n) is 22.3. The van der Waals surface area contributed by atoms with E-state index in [9.17, 15) is 24.6 Å². The number of aliphatic carboxylic acids is 1. The molecular weight excluding hydrogens is 518 g/mol. The van der Waals surface area contributed by atoms with Gasteiger partial charge in [-0.05, 0) is 44.1 Å². The predicted octanol–water partition coefficient (Wildman–Crippen LogP) is 2.67. The van der Waals surface area contributed by atoms with Crippen molar-refractivity contribution in [1.29, 1.82) is 0 Å². The third kappa shape index (κ3) is 3.81. The van der Waals surface area contributed by atoms with Crippen LogP contribution >= 0.6 is 0 Å². The number of ether oxygens (including phenoxy) is 4. The van der Waals surface area contributed by atoms with Gasteiger partial charge in [0.25, 0.3) is 0 Å². The van der Waals surface area contributed by atoms with Gasteiger partial charge in [0.1, 0.15) is 5.76 Å². The highest BCUT2D eigenvalue weighted by Crippen LogP contribution is 2.65. The van der Waals surface area contributed by atoms with Crippen LogP contribution in [0.1, 0.15) is 48.5 Å². The number of piperidine rings is 1. The van der Waals surface area contributed by atoms with E-state index in [1.54, 1.807) is 43.5 Å². The van der Waals surface area contributed by atoms with Crippen LogP contribution in [0.25, 0.3) is 0 Å².